The second kappa shape index (κ2) is 7.85. The highest BCUT2D eigenvalue weighted by Crippen LogP contribution is 2.18. The first kappa shape index (κ1) is 15.7. The van der Waals surface area contributed by atoms with Crippen molar-refractivity contribution in [3.63, 3.8) is 0 Å². The predicted octanol–water partition coefficient (Wildman–Crippen LogP) is 2.17. The second-order valence-electron chi connectivity index (χ2n) is 5.36. The van der Waals surface area contributed by atoms with E-state index < -0.39 is 0 Å². The van der Waals surface area contributed by atoms with Gasteiger partial charge in [0.2, 0.25) is 0 Å². The highest BCUT2D eigenvalue weighted by Gasteiger charge is 2.17. The molecule has 16 heavy (non-hydrogen) atoms. The van der Waals surface area contributed by atoms with Crippen molar-refractivity contribution in [3.05, 3.63) is 0 Å². The zero-order valence-corrected chi connectivity index (χ0v) is 12.0. The van der Waals surface area contributed by atoms with E-state index in [4.69, 9.17) is 17.0 Å². The summed E-state index contributed by atoms with van der Waals surface area (Å²) in [6.45, 7) is 11.3. The normalized spacial score (nSPS) is 11.6. The number of methoxy groups -OCH3 is 1. The van der Waals surface area contributed by atoms with Gasteiger partial charge in [0, 0.05) is 26.8 Å². The second-order valence-corrected chi connectivity index (χ2v) is 5.77. The monoisotopic (exact) mass is 246 g/mol. The SMILES string of the molecule is COCCC(C)(C)CNC(=S)NCC(C)C. The van der Waals surface area contributed by atoms with E-state index in [0.717, 1.165) is 31.2 Å². The van der Waals surface area contributed by atoms with Crippen LogP contribution in [0, 0.1) is 11.3 Å². The van der Waals surface area contributed by atoms with Crippen LogP contribution in [0.25, 0.3) is 0 Å². The average molecular weight is 246 g/mol. The fourth-order valence-corrected chi connectivity index (χ4v) is 1.30. The van der Waals surface area contributed by atoms with Crippen molar-refractivity contribution in [2.45, 2.75) is 34.1 Å². The number of hydrogen-bond acceptors (Lipinski definition) is 2. The van der Waals surface area contributed by atoms with Gasteiger partial charge in [-0.1, -0.05) is 27.7 Å². The van der Waals surface area contributed by atoms with E-state index in [-0.39, 0.29) is 5.41 Å². The zero-order chi connectivity index (χ0) is 12.6. The summed E-state index contributed by atoms with van der Waals surface area (Å²) >= 11 is 5.20. The molecular formula is C12H26N2OS. The van der Waals surface area contributed by atoms with Gasteiger partial charge in [-0.15, -0.1) is 0 Å². The molecule has 3 nitrogen and oxygen atoms in total. The third-order valence-electron chi connectivity index (χ3n) is 2.38. The van der Waals surface area contributed by atoms with Crippen molar-refractivity contribution in [1.29, 1.82) is 0 Å². The first-order chi connectivity index (χ1) is 7.37. The molecule has 0 fully saturated rings. The number of thiocarbonyl (C=S) groups is 1. The van der Waals surface area contributed by atoms with Crippen LogP contribution in [0.3, 0.4) is 0 Å². The lowest BCUT2D eigenvalue weighted by Crippen LogP contribution is -2.42. The van der Waals surface area contributed by atoms with E-state index in [1.807, 2.05) is 0 Å². The standard InChI is InChI=1S/C12H26N2OS/c1-10(2)8-13-11(16)14-9-12(3,4)6-7-15-5/h10H,6-9H2,1-5H3,(H2,13,14,16). The summed E-state index contributed by atoms with van der Waals surface area (Å²) in [5.41, 5.74) is 0.208. The van der Waals surface area contributed by atoms with Crippen LogP contribution in [0.15, 0.2) is 0 Å². The molecule has 0 heterocycles. The smallest absolute Gasteiger partial charge is 0.166 e. The number of nitrogens with one attached hydrogen (secondary N) is 2. The molecule has 0 aliphatic carbocycles. The number of ether oxygens (including phenoxy) is 1. The van der Waals surface area contributed by atoms with E-state index >= 15 is 0 Å². The maximum absolute atomic E-state index is 5.20. The Kier molecular flexibility index (Phi) is 7.68. The summed E-state index contributed by atoms with van der Waals surface area (Å²) in [5.74, 6) is 0.612. The molecule has 0 saturated carbocycles. The van der Waals surface area contributed by atoms with Gasteiger partial charge in [-0.25, -0.2) is 0 Å². The quantitative estimate of drug-likeness (QED) is 0.675. The van der Waals surface area contributed by atoms with Crippen LogP contribution in [-0.4, -0.2) is 31.9 Å². The molecule has 0 amide bonds. The van der Waals surface area contributed by atoms with Crippen molar-refractivity contribution in [2.75, 3.05) is 26.8 Å². The van der Waals surface area contributed by atoms with Crippen LogP contribution in [0.1, 0.15) is 34.1 Å². The van der Waals surface area contributed by atoms with E-state index in [1.54, 1.807) is 7.11 Å². The minimum absolute atomic E-state index is 0.208. The van der Waals surface area contributed by atoms with Gasteiger partial charge in [0.1, 0.15) is 0 Å². The molecule has 4 heteroatoms. The highest BCUT2D eigenvalue weighted by atomic mass is 32.1. The van der Waals surface area contributed by atoms with Gasteiger partial charge in [-0.3, -0.25) is 0 Å². The molecule has 0 bridgehead atoms. The Morgan fingerprint density at radius 2 is 1.94 bits per heavy atom. The Hall–Kier alpha value is -0.350. The summed E-state index contributed by atoms with van der Waals surface area (Å²) in [6.07, 6.45) is 1.03. The molecule has 0 saturated heterocycles. The Balaban J connectivity index is 3.72. The molecule has 0 aromatic carbocycles. The summed E-state index contributed by atoms with van der Waals surface area (Å²) < 4.78 is 5.09. The molecule has 0 aromatic rings. The van der Waals surface area contributed by atoms with Crippen molar-refractivity contribution >= 4 is 17.3 Å². The van der Waals surface area contributed by atoms with E-state index in [0.29, 0.717) is 5.92 Å². The van der Waals surface area contributed by atoms with Crippen LogP contribution < -0.4 is 10.6 Å². The van der Waals surface area contributed by atoms with Gasteiger partial charge in [0.15, 0.2) is 5.11 Å². The molecule has 0 rings (SSSR count). The van der Waals surface area contributed by atoms with Gasteiger partial charge in [0.25, 0.3) is 0 Å². The summed E-state index contributed by atoms with van der Waals surface area (Å²) in [7, 11) is 1.73. The fourth-order valence-electron chi connectivity index (χ4n) is 1.15. The topological polar surface area (TPSA) is 33.3 Å². The molecule has 0 spiro atoms. The molecule has 0 atom stereocenters. The van der Waals surface area contributed by atoms with Crippen molar-refractivity contribution in [3.8, 4) is 0 Å². The van der Waals surface area contributed by atoms with Gasteiger partial charge < -0.3 is 15.4 Å². The van der Waals surface area contributed by atoms with Gasteiger partial charge in [-0.2, -0.15) is 0 Å². The third-order valence-corrected chi connectivity index (χ3v) is 2.67. The van der Waals surface area contributed by atoms with E-state index in [2.05, 4.69) is 38.3 Å². The van der Waals surface area contributed by atoms with Crippen molar-refractivity contribution in [2.24, 2.45) is 11.3 Å². The van der Waals surface area contributed by atoms with Crippen LogP contribution in [0.2, 0.25) is 0 Å². The third kappa shape index (κ3) is 8.92. The predicted molar refractivity (Wildman–Crippen MR) is 73.7 cm³/mol. The lowest BCUT2D eigenvalue weighted by atomic mass is 9.90. The lowest BCUT2D eigenvalue weighted by Gasteiger charge is -2.25. The number of rotatable bonds is 7. The Bertz CT molecular complexity index is 205. The molecule has 2 N–H and O–H groups in total. The number of hydrogen-bond donors (Lipinski definition) is 2. The van der Waals surface area contributed by atoms with Gasteiger partial charge >= 0.3 is 0 Å². The first-order valence-electron chi connectivity index (χ1n) is 5.88. The molecule has 0 aliphatic heterocycles. The highest BCUT2D eigenvalue weighted by molar-refractivity contribution is 7.80. The molecule has 0 aromatic heterocycles. The molecule has 0 radical (unpaired) electrons. The minimum Gasteiger partial charge on any atom is -0.385 e. The van der Waals surface area contributed by atoms with Gasteiger partial charge in [-0.05, 0) is 30.0 Å². The lowest BCUT2D eigenvalue weighted by molar-refractivity contribution is 0.153. The zero-order valence-electron chi connectivity index (χ0n) is 11.2. The van der Waals surface area contributed by atoms with Crippen LogP contribution >= 0.6 is 12.2 Å². The van der Waals surface area contributed by atoms with Crippen LogP contribution in [-0.2, 0) is 4.74 Å². The fraction of sp³-hybridized carbons (Fsp3) is 0.917. The molecular weight excluding hydrogens is 220 g/mol. The largest absolute Gasteiger partial charge is 0.385 e. The minimum atomic E-state index is 0.208. The molecule has 0 unspecified atom stereocenters. The van der Waals surface area contributed by atoms with Crippen molar-refractivity contribution < 1.29 is 4.74 Å². The summed E-state index contributed by atoms with van der Waals surface area (Å²) in [5, 5.41) is 7.20. The van der Waals surface area contributed by atoms with Crippen LogP contribution in [0.4, 0.5) is 0 Å². The van der Waals surface area contributed by atoms with E-state index in [9.17, 15) is 0 Å². The summed E-state index contributed by atoms with van der Waals surface area (Å²) in [4.78, 5) is 0. The maximum Gasteiger partial charge on any atom is 0.166 e. The molecule has 96 valence electrons. The maximum atomic E-state index is 5.20. The Labute approximate surface area is 105 Å². The summed E-state index contributed by atoms with van der Waals surface area (Å²) in [6, 6.07) is 0. The first-order valence-corrected chi connectivity index (χ1v) is 6.29. The Morgan fingerprint density at radius 3 is 2.44 bits per heavy atom. The van der Waals surface area contributed by atoms with Crippen LogP contribution in [0.5, 0.6) is 0 Å². The average Bonchev–Trinajstić information content (AvgIpc) is 2.21. The van der Waals surface area contributed by atoms with Gasteiger partial charge in [0.05, 0.1) is 0 Å². The van der Waals surface area contributed by atoms with Crippen molar-refractivity contribution in [1.82, 2.24) is 10.6 Å². The van der Waals surface area contributed by atoms with E-state index in [1.165, 1.54) is 0 Å². The molecule has 0 aliphatic rings. The Morgan fingerprint density at radius 1 is 1.31 bits per heavy atom.